The Morgan fingerprint density at radius 2 is 1.80 bits per heavy atom. The standard InChI is InChI=1S/C18H28N2/c1-2-20(17-9-4-3-5-10-17)18-11-7-6-8-15(18)14-19-16-12-13-16/h6-8,11,16-17,19H,2-5,9-10,12-14H2,1H3. The average molecular weight is 272 g/mol. The fourth-order valence-electron chi connectivity index (χ4n) is 3.50. The molecule has 3 rings (SSSR count). The normalized spacial score (nSPS) is 20.1. The van der Waals surface area contributed by atoms with Crippen LogP contribution in [0.3, 0.4) is 0 Å². The van der Waals surface area contributed by atoms with Gasteiger partial charge in [-0.05, 0) is 44.2 Å². The average Bonchev–Trinajstić information content (AvgIpc) is 3.32. The number of para-hydroxylation sites is 1. The van der Waals surface area contributed by atoms with Crippen molar-refractivity contribution in [3.8, 4) is 0 Å². The molecule has 2 aliphatic rings. The summed E-state index contributed by atoms with van der Waals surface area (Å²) in [5.74, 6) is 0. The molecule has 1 aromatic rings. The molecule has 0 radical (unpaired) electrons. The van der Waals surface area contributed by atoms with E-state index in [1.54, 1.807) is 0 Å². The first-order valence-corrected chi connectivity index (χ1v) is 8.46. The molecule has 0 aliphatic heterocycles. The Hall–Kier alpha value is -1.02. The minimum absolute atomic E-state index is 0.760. The molecular formula is C18H28N2. The molecular weight excluding hydrogens is 244 g/mol. The molecule has 0 atom stereocenters. The summed E-state index contributed by atoms with van der Waals surface area (Å²) in [6.45, 7) is 4.47. The Morgan fingerprint density at radius 1 is 1.05 bits per heavy atom. The van der Waals surface area contributed by atoms with E-state index in [0.29, 0.717) is 0 Å². The van der Waals surface area contributed by atoms with Crippen molar-refractivity contribution in [2.75, 3.05) is 11.4 Å². The molecule has 0 unspecified atom stereocenters. The van der Waals surface area contributed by atoms with Crippen LogP contribution in [0.5, 0.6) is 0 Å². The van der Waals surface area contributed by atoms with Crippen LogP contribution < -0.4 is 10.2 Å². The zero-order valence-corrected chi connectivity index (χ0v) is 12.8. The molecule has 2 saturated carbocycles. The van der Waals surface area contributed by atoms with Crippen molar-refractivity contribution in [2.45, 2.75) is 70.5 Å². The number of nitrogens with zero attached hydrogens (tertiary/aromatic N) is 1. The van der Waals surface area contributed by atoms with E-state index < -0.39 is 0 Å². The van der Waals surface area contributed by atoms with Gasteiger partial charge < -0.3 is 10.2 Å². The minimum Gasteiger partial charge on any atom is -0.369 e. The molecule has 0 aromatic heterocycles. The maximum Gasteiger partial charge on any atom is 0.0414 e. The van der Waals surface area contributed by atoms with Gasteiger partial charge in [0, 0.05) is 30.9 Å². The van der Waals surface area contributed by atoms with Crippen molar-refractivity contribution >= 4 is 5.69 Å². The van der Waals surface area contributed by atoms with Crippen molar-refractivity contribution in [2.24, 2.45) is 0 Å². The van der Waals surface area contributed by atoms with Crippen LogP contribution in [0.1, 0.15) is 57.4 Å². The third kappa shape index (κ3) is 3.35. The molecule has 0 bridgehead atoms. The van der Waals surface area contributed by atoms with Crippen LogP contribution in [0, 0.1) is 0 Å². The van der Waals surface area contributed by atoms with E-state index in [2.05, 4.69) is 41.4 Å². The van der Waals surface area contributed by atoms with Gasteiger partial charge in [-0.15, -0.1) is 0 Å². The van der Waals surface area contributed by atoms with Crippen LogP contribution in [0.15, 0.2) is 24.3 Å². The van der Waals surface area contributed by atoms with Crippen LogP contribution in [0.2, 0.25) is 0 Å². The molecule has 1 aromatic carbocycles. The molecule has 2 fully saturated rings. The first kappa shape index (κ1) is 13.9. The second-order valence-corrected chi connectivity index (χ2v) is 6.36. The zero-order chi connectivity index (χ0) is 13.8. The topological polar surface area (TPSA) is 15.3 Å². The first-order valence-electron chi connectivity index (χ1n) is 8.46. The summed E-state index contributed by atoms with van der Waals surface area (Å²) in [5.41, 5.74) is 2.95. The zero-order valence-electron chi connectivity index (χ0n) is 12.8. The highest BCUT2D eigenvalue weighted by molar-refractivity contribution is 5.54. The predicted octanol–water partition coefficient (Wildman–Crippen LogP) is 4.10. The highest BCUT2D eigenvalue weighted by Crippen LogP contribution is 2.30. The van der Waals surface area contributed by atoms with Crippen LogP contribution >= 0.6 is 0 Å². The number of anilines is 1. The van der Waals surface area contributed by atoms with Crippen LogP contribution in [-0.4, -0.2) is 18.6 Å². The molecule has 1 N–H and O–H groups in total. The van der Waals surface area contributed by atoms with Gasteiger partial charge in [-0.3, -0.25) is 0 Å². The summed E-state index contributed by atoms with van der Waals surface area (Å²) in [7, 11) is 0. The lowest BCUT2D eigenvalue weighted by Crippen LogP contribution is -2.37. The quantitative estimate of drug-likeness (QED) is 0.839. The predicted molar refractivity (Wildman–Crippen MR) is 86.2 cm³/mol. The number of benzene rings is 1. The van der Waals surface area contributed by atoms with Gasteiger partial charge in [0.15, 0.2) is 0 Å². The van der Waals surface area contributed by atoms with Crippen LogP contribution in [-0.2, 0) is 6.54 Å². The van der Waals surface area contributed by atoms with Crippen molar-refractivity contribution in [1.82, 2.24) is 5.32 Å². The number of hydrogen-bond donors (Lipinski definition) is 1. The Labute approximate surface area is 123 Å². The van der Waals surface area contributed by atoms with Crippen molar-refractivity contribution in [3.05, 3.63) is 29.8 Å². The van der Waals surface area contributed by atoms with E-state index in [-0.39, 0.29) is 0 Å². The second kappa shape index (κ2) is 6.62. The van der Waals surface area contributed by atoms with E-state index in [0.717, 1.165) is 25.2 Å². The Morgan fingerprint density at radius 3 is 2.50 bits per heavy atom. The molecule has 2 nitrogen and oxygen atoms in total. The van der Waals surface area contributed by atoms with E-state index in [1.807, 2.05) is 0 Å². The number of hydrogen-bond acceptors (Lipinski definition) is 2. The van der Waals surface area contributed by atoms with E-state index >= 15 is 0 Å². The van der Waals surface area contributed by atoms with E-state index in [9.17, 15) is 0 Å². The second-order valence-electron chi connectivity index (χ2n) is 6.36. The highest BCUT2D eigenvalue weighted by Gasteiger charge is 2.23. The fourth-order valence-corrected chi connectivity index (χ4v) is 3.50. The fraction of sp³-hybridized carbons (Fsp3) is 0.667. The van der Waals surface area contributed by atoms with Gasteiger partial charge in [0.05, 0.1) is 0 Å². The molecule has 0 heterocycles. The van der Waals surface area contributed by atoms with Gasteiger partial charge in [0.1, 0.15) is 0 Å². The molecule has 0 spiro atoms. The molecule has 0 amide bonds. The maximum atomic E-state index is 3.67. The third-order valence-electron chi connectivity index (χ3n) is 4.82. The summed E-state index contributed by atoms with van der Waals surface area (Å²) in [6, 6.07) is 10.5. The molecule has 0 saturated heterocycles. The van der Waals surface area contributed by atoms with Gasteiger partial charge in [-0.2, -0.15) is 0 Å². The smallest absolute Gasteiger partial charge is 0.0414 e. The summed E-state index contributed by atoms with van der Waals surface area (Å²) >= 11 is 0. The SMILES string of the molecule is CCN(c1ccccc1CNC1CC1)C1CCCCC1. The van der Waals surface area contributed by atoms with Crippen LogP contribution in [0.4, 0.5) is 5.69 Å². The molecule has 2 heteroatoms. The lowest BCUT2D eigenvalue weighted by molar-refractivity contribution is 0.417. The van der Waals surface area contributed by atoms with Crippen molar-refractivity contribution in [3.63, 3.8) is 0 Å². The van der Waals surface area contributed by atoms with Gasteiger partial charge in [0.25, 0.3) is 0 Å². The van der Waals surface area contributed by atoms with Gasteiger partial charge >= 0.3 is 0 Å². The Kier molecular flexibility index (Phi) is 4.62. The highest BCUT2D eigenvalue weighted by atomic mass is 15.2. The summed E-state index contributed by atoms with van der Waals surface area (Å²) in [5, 5.41) is 3.67. The van der Waals surface area contributed by atoms with Gasteiger partial charge in [-0.1, -0.05) is 37.5 Å². The van der Waals surface area contributed by atoms with Crippen LogP contribution in [0.25, 0.3) is 0 Å². The number of rotatable bonds is 6. The largest absolute Gasteiger partial charge is 0.369 e. The summed E-state index contributed by atoms with van der Waals surface area (Å²) in [4.78, 5) is 2.66. The van der Waals surface area contributed by atoms with Gasteiger partial charge in [0.2, 0.25) is 0 Å². The molecule has 110 valence electrons. The van der Waals surface area contributed by atoms with E-state index in [1.165, 1.54) is 56.2 Å². The minimum atomic E-state index is 0.760. The lowest BCUT2D eigenvalue weighted by Gasteiger charge is -2.36. The maximum absolute atomic E-state index is 3.67. The first-order chi connectivity index (χ1) is 9.88. The lowest BCUT2D eigenvalue weighted by atomic mass is 9.93. The Balaban J connectivity index is 1.74. The summed E-state index contributed by atoms with van der Waals surface area (Å²) < 4.78 is 0. The number of nitrogens with one attached hydrogen (secondary N) is 1. The third-order valence-corrected chi connectivity index (χ3v) is 4.82. The molecule has 20 heavy (non-hydrogen) atoms. The summed E-state index contributed by atoms with van der Waals surface area (Å²) in [6.07, 6.45) is 9.72. The Bertz CT molecular complexity index is 419. The van der Waals surface area contributed by atoms with E-state index in [4.69, 9.17) is 0 Å². The monoisotopic (exact) mass is 272 g/mol. The molecule has 2 aliphatic carbocycles. The van der Waals surface area contributed by atoms with Gasteiger partial charge in [-0.25, -0.2) is 0 Å². The van der Waals surface area contributed by atoms with Crippen molar-refractivity contribution in [1.29, 1.82) is 0 Å². The van der Waals surface area contributed by atoms with Crippen molar-refractivity contribution < 1.29 is 0 Å².